The molecule has 2 aromatic rings. The van der Waals surface area contributed by atoms with E-state index in [1.54, 1.807) is 11.3 Å². The number of thiophene rings is 1. The monoisotopic (exact) mass is 277 g/mol. The Morgan fingerprint density at radius 3 is 2.44 bits per heavy atom. The number of hydrogen-bond donors (Lipinski definition) is 1. The summed E-state index contributed by atoms with van der Waals surface area (Å²) in [5.41, 5.74) is 9.65. The molecule has 0 aliphatic rings. The van der Waals surface area contributed by atoms with Gasteiger partial charge in [0.2, 0.25) is 0 Å². The van der Waals surface area contributed by atoms with Gasteiger partial charge in [-0.1, -0.05) is 26.0 Å². The fourth-order valence-corrected chi connectivity index (χ4v) is 3.75. The molecular weight excluding hydrogens is 258 g/mol. The van der Waals surface area contributed by atoms with E-state index in [-0.39, 0.29) is 0 Å². The van der Waals surface area contributed by atoms with Gasteiger partial charge in [0.15, 0.2) is 0 Å². The molecule has 96 valence electrons. The van der Waals surface area contributed by atoms with E-state index in [0.29, 0.717) is 11.8 Å². The van der Waals surface area contributed by atoms with Crippen molar-refractivity contribution < 1.29 is 0 Å². The maximum absolute atomic E-state index is 5.80. The summed E-state index contributed by atoms with van der Waals surface area (Å²) in [7, 11) is 0. The van der Waals surface area contributed by atoms with Crippen LogP contribution in [0.5, 0.6) is 0 Å². The summed E-state index contributed by atoms with van der Waals surface area (Å²) < 4.78 is 0. The van der Waals surface area contributed by atoms with Crippen LogP contribution in [0.4, 0.5) is 0 Å². The third kappa shape index (κ3) is 2.97. The first-order chi connectivity index (χ1) is 8.61. The fourth-order valence-electron chi connectivity index (χ4n) is 2.01. The average molecular weight is 277 g/mol. The highest BCUT2D eigenvalue weighted by Gasteiger charge is 2.09. The summed E-state index contributed by atoms with van der Waals surface area (Å²) in [6.07, 6.45) is 0. The van der Waals surface area contributed by atoms with Crippen LogP contribution in [0, 0.1) is 6.92 Å². The van der Waals surface area contributed by atoms with E-state index in [2.05, 4.69) is 50.4 Å². The summed E-state index contributed by atoms with van der Waals surface area (Å²) in [5.74, 6) is 0. The Hall–Kier alpha value is -0.770. The molecule has 0 aliphatic heterocycles. The second-order valence-corrected chi connectivity index (χ2v) is 7.32. The lowest BCUT2D eigenvalue weighted by Gasteiger charge is -2.08. The predicted molar refractivity (Wildman–Crippen MR) is 83.4 cm³/mol. The number of aryl methyl sites for hydroxylation is 1. The molecule has 0 aliphatic carbocycles. The summed E-state index contributed by atoms with van der Waals surface area (Å²) >= 11 is 3.68. The number of rotatable bonds is 4. The van der Waals surface area contributed by atoms with Crippen LogP contribution in [0.3, 0.4) is 0 Å². The van der Waals surface area contributed by atoms with Crippen LogP contribution < -0.4 is 5.73 Å². The van der Waals surface area contributed by atoms with Gasteiger partial charge in [0, 0.05) is 21.6 Å². The van der Waals surface area contributed by atoms with Gasteiger partial charge in [0.1, 0.15) is 0 Å². The highest BCUT2D eigenvalue weighted by Crippen LogP contribution is 2.33. The fraction of sp³-hybridized carbons (Fsp3) is 0.333. The molecule has 0 fully saturated rings. The van der Waals surface area contributed by atoms with Crippen LogP contribution in [-0.2, 0) is 6.54 Å². The number of nitrogens with two attached hydrogens (primary N) is 1. The standard InChI is InChI=1S/C15H19NS2/c1-10(2)18-14-6-4-12(5-7-14)15-11(3)17-9-13(15)8-16/h4-7,9-10H,8,16H2,1-3H3. The molecule has 0 atom stereocenters. The molecule has 2 rings (SSSR count). The molecule has 0 radical (unpaired) electrons. The van der Waals surface area contributed by atoms with Gasteiger partial charge < -0.3 is 5.73 Å². The van der Waals surface area contributed by atoms with Gasteiger partial charge in [-0.2, -0.15) is 0 Å². The van der Waals surface area contributed by atoms with Gasteiger partial charge in [-0.25, -0.2) is 0 Å². The minimum absolute atomic E-state index is 0.613. The van der Waals surface area contributed by atoms with Crippen LogP contribution in [-0.4, -0.2) is 5.25 Å². The molecule has 18 heavy (non-hydrogen) atoms. The quantitative estimate of drug-likeness (QED) is 0.821. The zero-order chi connectivity index (χ0) is 13.1. The molecule has 0 unspecified atom stereocenters. The molecule has 0 saturated carbocycles. The van der Waals surface area contributed by atoms with Gasteiger partial charge in [0.25, 0.3) is 0 Å². The normalized spacial score (nSPS) is 11.2. The molecule has 0 bridgehead atoms. The number of benzene rings is 1. The van der Waals surface area contributed by atoms with E-state index >= 15 is 0 Å². The van der Waals surface area contributed by atoms with Crippen molar-refractivity contribution in [3.8, 4) is 11.1 Å². The highest BCUT2D eigenvalue weighted by molar-refractivity contribution is 7.99. The van der Waals surface area contributed by atoms with Gasteiger partial charge in [-0.3, -0.25) is 0 Å². The number of hydrogen-bond acceptors (Lipinski definition) is 3. The van der Waals surface area contributed by atoms with E-state index in [1.807, 2.05) is 11.8 Å². The third-order valence-corrected chi connectivity index (χ3v) is 4.76. The van der Waals surface area contributed by atoms with Gasteiger partial charge >= 0.3 is 0 Å². The first kappa shape index (κ1) is 13.7. The van der Waals surface area contributed by atoms with Crippen LogP contribution >= 0.6 is 23.1 Å². The zero-order valence-electron chi connectivity index (χ0n) is 11.1. The van der Waals surface area contributed by atoms with Gasteiger partial charge in [0.05, 0.1) is 0 Å². The van der Waals surface area contributed by atoms with Crippen LogP contribution in [0.1, 0.15) is 24.3 Å². The Kier molecular flexibility index (Phi) is 4.49. The Labute approximate surface area is 117 Å². The van der Waals surface area contributed by atoms with Gasteiger partial charge in [-0.15, -0.1) is 23.1 Å². The lowest BCUT2D eigenvalue weighted by atomic mass is 10.0. The first-order valence-electron chi connectivity index (χ1n) is 6.16. The van der Waals surface area contributed by atoms with E-state index in [1.165, 1.54) is 26.5 Å². The molecular formula is C15H19NS2. The molecule has 1 heterocycles. The molecule has 2 N–H and O–H groups in total. The molecule has 1 nitrogen and oxygen atoms in total. The minimum atomic E-state index is 0.613. The summed E-state index contributed by atoms with van der Waals surface area (Å²) in [6.45, 7) is 7.21. The molecule has 3 heteroatoms. The van der Waals surface area contributed by atoms with Crippen molar-refractivity contribution in [2.45, 2.75) is 37.5 Å². The summed E-state index contributed by atoms with van der Waals surface area (Å²) in [4.78, 5) is 2.68. The SMILES string of the molecule is Cc1scc(CN)c1-c1ccc(SC(C)C)cc1. The summed E-state index contributed by atoms with van der Waals surface area (Å²) in [5, 5.41) is 2.79. The molecule has 0 amide bonds. The highest BCUT2D eigenvalue weighted by atomic mass is 32.2. The Morgan fingerprint density at radius 2 is 1.89 bits per heavy atom. The van der Waals surface area contributed by atoms with Crippen molar-refractivity contribution in [3.63, 3.8) is 0 Å². The lowest BCUT2D eigenvalue weighted by molar-refractivity contribution is 1.08. The van der Waals surface area contributed by atoms with Crippen molar-refractivity contribution >= 4 is 23.1 Å². The van der Waals surface area contributed by atoms with E-state index in [0.717, 1.165) is 0 Å². The van der Waals surface area contributed by atoms with Crippen molar-refractivity contribution in [1.29, 1.82) is 0 Å². The Balaban J connectivity index is 2.31. The summed E-state index contributed by atoms with van der Waals surface area (Å²) in [6, 6.07) is 8.83. The van der Waals surface area contributed by atoms with Crippen LogP contribution in [0.25, 0.3) is 11.1 Å². The molecule has 1 aromatic carbocycles. The maximum atomic E-state index is 5.80. The van der Waals surface area contributed by atoms with Crippen molar-refractivity contribution in [2.24, 2.45) is 5.73 Å². The topological polar surface area (TPSA) is 26.0 Å². The molecule has 0 spiro atoms. The average Bonchev–Trinajstić information content (AvgIpc) is 2.71. The van der Waals surface area contributed by atoms with Crippen molar-refractivity contribution in [3.05, 3.63) is 40.1 Å². The van der Waals surface area contributed by atoms with E-state index in [9.17, 15) is 0 Å². The second kappa shape index (κ2) is 5.91. The zero-order valence-corrected chi connectivity index (χ0v) is 12.7. The first-order valence-corrected chi connectivity index (χ1v) is 7.92. The van der Waals surface area contributed by atoms with Crippen LogP contribution in [0.2, 0.25) is 0 Å². The predicted octanol–water partition coefficient (Wildman–Crippen LogP) is 4.68. The van der Waals surface area contributed by atoms with Gasteiger partial charge in [-0.05, 0) is 41.1 Å². The van der Waals surface area contributed by atoms with E-state index < -0.39 is 0 Å². The van der Waals surface area contributed by atoms with Crippen molar-refractivity contribution in [1.82, 2.24) is 0 Å². The van der Waals surface area contributed by atoms with Crippen molar-refractivity contribution in [2.75, 3.05) is 0 Å². The maximum Gasteiger partial charge on any atom is 0.0192 e. The third-order valence-electron chi connectivity index (χ3n) is 2.79. The Morgan fingerprint density at radius 1 is 1.22 bits per heavy atom. The largest absolute Gasteiger partial charge is 0.326 e. The molecule has 0 saturated heterocycles. The van der Waals surface area contributed by atoms with E-state index in [4.69, 9.17) is 5.73 Å². The Bertz CT molecular complexity index is 512. The second-order valence-electron chi connectivity index (χ2n) is 4.59. The number of thioether (sulfide) groups is 1. The minimum Gasteiger partial charge on any atom is -0.326 e. The smallest absolute Gasteiger partial charge is 0.0192 e. The van der Waals surface area contributed by atoms with Crippen LogP contribution in [0.15, 0.2) is 34.5 Å². The molecule has 1 aromatic heterocycles. The lowest BCUT2D eigenvalue weighted by Crippen LogP contribution is -1.96.